The molecule has 6 nitrogen and oxygen atoms in total. The Hall–Kier alpha value is -2.37. The van der Waals surface area contributed by atoms with Crippen molar-refractivity contribution in [1.82, 2.24) is 10.2 Å². The van der Waals surface area contributed by atoms with Crippen LogP contribution in [0.1, 0.15) is 18.9 Å². The van der Waals surface area contributed by atoms with Crippen LogP contribution >= 0.6 is 0 Å². The van der Waals surface area contributed by atoms with Gasteiger partial charge in [0.25, 0.3) is 0 Å². The van der Waals surface area contributed by atoms with Crippen molar-refractivity contribution in [3.05, 3.63) is 35.9 Å². The van der Waals surface area contributed by atoms with Gasteiger partial charge >= 0.3 is 6.09 Å². The van der Waals surface area contributed by atoms with E-state index in [1.165, 1.54) is 4.90 Å². The van der Waals surface area contributed by atoms with Crippen molar-refractivity contribution in [3.8, 4) is 0 Å². The van der Waals surface area contributed by atoms with E-state index in [0.29, 0.717) is 0 Å². The number of carbonyl (C=O) groups is 3. The van der Waals surface area contributed by atoms with E-state index in [0.717, 1.165) is 5.56 Å². The molecule has 6 heteroatoms. The summed E-state index contributed by atoms with van der Waals surface area (Å²) in [7, 11) is 0. The molecule has 1 aromatic carbocycles. The number of imide groups is 1. The Bertz CT molecular complexity index is 530. The first kappa shape index (κ1) is 15.0. The van der Waals surface area contributed by atoms with Gasteiger partial charge in [0, 0.05) is 25.4 Å². The number of alkyl carbamates (subject to hydrolysis) is 1. The highest BCUT2D eigenvalue weighted by Crippen LogP contribution is 2.17. The summed E-state index contributed by atoms with van der Waals surface area (Å²) >= 11 is 0. The number of carbonyl (C=O) groups excluding carboxylic acids is 3. The van der Waals surface area contributed by atoms with Crippen LogP contribution < -0.4 is 5.32 Å². The van der Waals surface area contributed by atoms with Crippen LogP contribution in [0.25, 0.3) is 0 Å². The Morgan fingerprint density at radius 2 is 2.05 bits per heavy atom. The summed E-state index contributed by atoms with van der Waals surface area (Å²) < 4.78 is 5.03. The van der Waals surface area contributed by atoms with Crippen molar-refractivity contribution in [2.45, 2.75) is 20.0 Å². The first-order chi connectivity index (χ1) is 10.1. The average molecular weight is 290 g/mol. The van der Waals surface area contributed by atoms with E-state index in [4.69, 9.17) is 4.74 Å². The summed E-state index contributed by atoms with van der Waals surface area (Å²) in [6.07, 6.45) is -0.317. The summed E-state index contributed by atoms with van der Waals surface area (Å²) in [5.41, 5.74) is 0.895. The van der Waals surface area contributed by atoms with Gasteiger partial charge in [-0.3, -0.25) is 14.5 Å². The van der Waals surface area contributed by atoms with Gasteiger partial charge in [0.05, 0.1) is 0 Å². The number of nitrogens with zero attached hydrogens (tertiary/aromatic N) is 1. The van der Waals surface area contributed by atoms with Crippen molar-refractivity contribution in [3.63, 3.8) is 0 Å². The predicted octanol–water partition coefficient (Wildman–Crippen LogP) is 1.31. The molecule has 1 atom stereocenters. The lowest BCUT2D eigenvalue weighted by atomic mass is 10.1. The minimum atomic E-state index is -0.564. The summed E-state index contributed by atoms with van der Waals surface area (Å²) in [6.45, 7) is 2.29. The highest BCUT2D eigenvalue weighted by atomic mass is 16.5. The Labute approximate surface area is 123 Å². The van der Waals surface area contributed by atoms with Gasteiger partial charge < -0.3 is 10.1 Å². The zero-order valence-corrected chi connectivity index (χ0v) is 11.9. The van der Waals surface area contributed by atoms with Crippen LogP contribution in [-0.4, -0.2) is 35.9 Å². The maximum absolute atomic E-state index is 11.7. The van der Waals surface area contributed by atoms with Crippen LogP contribution in [0, 0.1) is 5.92 Å². The highest BCUT2D eigenvalue weighted by Gasteiger charge is 2.34. The lowest BCUT2D eigenvalue weighted by Crippen LogP contribution is -2.38. The second-order valence-corrected chi connectivity index (χ2v) is 4.98. The lowest BCUT2D eigenvalue weighted by Gasteiger charge is -2.14. The monoisotopic (exact) mass is 290 g/mol. The van der Waals surface area contributed by atoms with Crippen LogP contribution in [0.15, 0.2) is 30.3 Å². The van der Waals surface area contributed by atoms with Crippen molar-refractivity contribution < 1.29 is 19.1 Å². The molecule has 0 bridgehead atoms. The van der Waals surface area contributed by atoms with Crippen LogP contribution in [0.5, 0.6) is 0 Å². The molecule has 0 radical (unpaired) electrons. The largest absolute Gasteiger partial charge is 0.445 e. The molecule has 112 valence electrons. The molecule has 0 unspecified atom stereocenters. The SMILES string of the molecule is C[C@@H]1CC(=O)N(CCNC(=O)OCc2ccccc2)C1=O. The van der Waals surface area contributed by atoms with E-state index < -0.39 is 6.09 Å². The summed E-state index contributed by atoms with van der Waals surface area (Å²) in [5.74, 6) is -0.631. The zero-order chi connectivity index (χ0) is 15.2. The van der Waals surface area contributed by atoms with Crippen molar-refractivity contribution in [1.29, 1.82) is 0 Å². The molecule has 1 aliphatic rings. The molecule has 2 rings (SSSR count). The minimum Gasteiger partial charge on any atom is -0.445 e. The summed E-state index contributed by atoms with van der Waals surface area (Å²) in [5, 5.41) is 2.53. The zero-order valence-electron chi connectivity index (χ0n) is 11.9. The number of nitrogens with one attached hydrogen (secondary N) is 1. The minimum absolute atomic E-state index is 0.181. The molecule has 0 saturated carbocycles. The third-order valence-corrected chi connectivity index (χ3v) is 3.29. The first-order valence-electron chi connectivity index (χ1n) is 6.86. The van der Waals surface area contributed by atoms with Gasteiger partial charge in [-0.05, 0) is 5.56 Å². The standard InChI is InChI=1S/C15H18N2O4/c1-11-9-13(18)17(14(11)19)8-7-16-15(20)21-10-12-5-3-2-4-6-12/h2-6,11H,7-10H2,1H3,(H,16,20)/t11-/m1/s1. The quantitative estimate of drug-likeness (QED) is 0.830. The molecular weight excluding hydrogens is 272 g/mol. The third-order valence-electron chi connectivity index (χ3n) is 3.29. The van der Waals surface area contributed by atoms with Gasteiger partial charge in [0.1, 0.15) is 6.61 Å². The van der Waals surface area contributed by atoms with Gasteiger partial charge in [-0.25, -0.2) is 4.79 Å². The Morgan fingerprint density at radius 3 is 2.67 bits per heavy atom. The number of hydrogen-bond acceptors (Lipinski definition) is 4. The highest BCUT2D eigenvalue weighted by molar-refractivity contribution is 6.03. The molecule has 1 heterocycles. The molecule has 0 spiro atoms. The molecule has 0 aromatic heterocycles. The fraction of sp³-hybridized carbons (Fsp3) is 0.400. The van der Waals surface area contributed by atoms with Crippen LogP contribution in [0.4, 0.5) is 4.79 Å². The van der Waals surface area contributed by atoms with Crippen molar-refractivity contribution in [2.75, 3.05) is 13.1 Å². The van der Waals surface area contributed by atoms with E-state index in [1.54, 1.807) is 6.92 Å². The van der Waals surface area contributed by atoms with Gasteiger partial charge in [-0.15, -0.1) is 0 Å². The normalized spacial score (nSPS) is 18.0. The van der Waals surface area contributed by atoms with Crippen molar-refractivity contribution >= 4 is 17.9 Å². The number of amides is 3. The lowest BCUT2D eigenvalue weighted by molar-refractivity contribution is -0.139. The molecule has 21 heavy (non-hydrogen) atoms. The van der Waals surface area contributed by atoms with Crippen LogP contribution in [0.3, 0.4) is 0 Å². The number of ether oxygens (including phenoxy) is 1. The van der Waals surface area contributed by atoms with E-state index >= 15 is 0 Å². The van der Waals surface area contributed by atoms with Crippen LogP contribution in [-0.2, 0) is 20.9 Å². The molecule has 1 saturated heterocycles. The Morgan fingerprint density at radius 1 is 1.33 bits per heavy atom. The molecular formula is C15H18N2O4. The van der Waals surface area contributed by atoms with Gasteiger partial charge in [-0.2, -0.15) is 0 Å². The Kier molecular flexibility index (Phi) is 4.92. The number of benzene rings is 1. The summed E-state index contributed by atoms with van der Waals surface area (Å²) in [4.78, 5) is 35.9. The molecule has 0 aliphatic carbocycles. The number of likely N-dealkylation sites (tertiary alicyclic amines) is 1. The maximum Gasteiger partial charge on any atom is 0.407 e. The fourth-order valence-electron chi connectivity index (χ4n) is 2.13. The van der Waals surface area contributed by atoms with E-state index in [2.05, 4.69) is 5.32 Å². The van der Waals surface area contributed by atoms with Gasteiger partial charge in [0.2, 0.25) is 11.8 Å². The van der Waals surface area contributed by atoms with E-state index in [9.17, 15) is 14.4 Å². The fourth-order valence-corrected chi connectivity index (χ4v) is 2.13. The maximum atomic E-state index is 11.7. The third kappa shape index (κ3) is 4.05. The second-order valence-electron chi connectivity index (χ2n) is 4.98. The molecule has 3 amide bonds. The topological polar surface area (TPSA) is 75.7 Å². The van der Waals surface area contributed by atoms with Gasteiger partial charge in [-0.1, -0.05) is 37.3 Å². The predicted molar refractivity (Wildman–Crippen MR) is 75.1 cm³/mol. The smallest absolute Gasteiger partial charge is 0.407 e. The second kappa shape index (κ2) is 6.88. The molecule has 1 aliphatic heterocycles. The van der Waals surface area contributed by atoms with Crippen molar-refractivity contribution in [2.24, 2.45) is 5.92 Å². The number of hydrogen-bond donors (Lipinski definition) is 1. The average Bonchev–Trinajstić information content (AvgIpc) is 2.72. The number of rotatable bonds is 5. The van der Waals surface area contributed by atoms with Gasteiger partial charge in [0.15, 0.2) is 0 Å². The molecule has 1 N–H and O–H groups in total. The molecule has 1 fully saturated rings. The first-order valence-corrected chi connectivity index (χ1v) is 6.86. The Balaban J connectivity index is 1.68. The summed E-state index contributed by atoms with van der Waals surface area (Å²) in [6, 6.07) is 9.33. The molecule has 1 aromatic rings. The van der Waals surface area contributed by atoms with E-state index in [1.807, 2.05) is 30.3 Å². The van der Waals surface area contributed by atoms with E-state index in [-0.39, 0.29) is 43.8 Å². The van der Waals surface area contributed by atoms with Crippen LogP contribution in [0.2, 0.25) is 0 Å².